The van der Waals surface area contributed by atoms with Gasteiger partial charge in [-0.15, -0.1) is 10.2 Å². The SMILES string of the molecule is CCCCCc1c(C)n(CCCCC)c(=O)n1Cc1ccc(-c2ncccc2-c2nn[nH]n2)cc1. The fourth-order valence-corrected chi connectivity index (χ4v) is 4.60. The Morgan fingerprint density at radius 3 is 2.43 bits per heavy atom. The Morgan fingerprint density at radius 2 is 1.71 bits per heavy atom. The highest BCUT2D eigenvalue weighted by Gasteiger charge is 2.17. The quantitative estimate of drug-likeness (QED) is 0.286. The molecule has 1 N–H and O–H groups in total. The molecule has 0 atom stereocenters. The van der Waals surface area contributed by atoms with Crippen LogP contribution in [0.2, 0.25) is 0 Å². The summed E-state index contributed by atoms with van der Waals surface area (Å²) in [4.78, 5) is 18.0. The number of nitrogens with one attached hydrogen (secondary N) is 1. The second-order valence-electron chi connectivity index (χ2n) is 9.05. The van der Waals surface area contributed by atoms with Crippen molar-refractivity contribution in [2.75, 3.05) is 0 Å². The molecule has 0 bridgehead atoms. The number of benzene rings is 1. The molecule has 0 saturated carbocycles. The first-order chi connectivity index (χ1) is 17.1. The highest BCUT2D eigenvalue weighted by atomic mass is 16.1. The Morgan fingerprint density at radius 1 is 0.943 bits per heavy atom. The van der Waals surface area contributed by atoms with Crippen LogP contribution >= 0.6 is 0 Å². The lowest BCUT2D eigenvalue weighted by molar-refractivity contribution is 0.566. The molecule has 0 unspecified atom stereocenters. The summed E-state index contributed by atoms with van der Waals surface area (Å²) in [5.74, 6) is 0.514. The Balaban J connectivity index is 1.61. The zero-order valence-corrected chi connectivity index (χ0v) is 21.0. The van der Waals surface area contributed by atoms with E-state index >= 15 is 0 Å². The maximum absolute atomic E-state index is 13.4. The monoisotopic (exact) mass is 473 g/mol. The van der Waals surface area contributed by atoms with E-state index in [1.807, 2.05) is 33.4 Å². The van der Waals surface area contributed by atoms with Crippen LogP contribution in [0.1, 0.15) is 69.3 Å². The van der Waals surface area contributed by atoms with Crippen molar-refractivity contribution in [2.24, 2.45) is 0 Å². The Labute approximate surface area is 206 Å². The lowest BCUT2D eigenvalue weighted by Crippen LogP contribution is -2.26. The van der Waals surface area contributed by atoms with Crippen molar-refractivity contribution < 1.29 is 0 Å². The van der Waals surface area contributed by atoms with Crippen LogP contribution in [-0.4, -0.2) is 34.7 Å². The summed E-state index contributed by atoms with van der Waals surface area (Å²) >= 11 is 0. The minimum atomic E-state index is 0.110. The van der Waals surface area contributed by atoms with Crippen molar-refractivity contribution in [2.45, 2.75) is 78.8 Å². The Hall–Kier alpha value is -3.55. The third-order valence-corrected chi connectivity index (χ3v) is 6.57. The lowest BCUT2D eigenvalue weighted by atomic mass is 10.0. The predicted molar refractivity (Wildman–Crippen MR) is 138 cm³/mol. The molecule has 8 nitrogen and oxygen atoms in total. The van der Waals surface area contributed by atoms with E-state index in [0.29, 0.717) is 12.4 Å². The zero-order valence-electron chi connectivity index (χ0n) is 21.0. The van der Waals surface area contributed by atoms with E-state index in [1.54, 1.807) is 6.20 Å². The molecule has 0 amide bonds. The third-order valence-electron chi connectivity index (χ3n) is 6.57. The van der Waals surface area contributed by atoms with Crippen LogP contribution in [0.25, 0.3) is 22.6 Å². The smallest absolute Gasteiger partial charge is 0.296 e. The molecule has 0 aliphatic carbocycles. The first-order valence-corrected chi connectivity index (χ1v) is 12.7. The Kier molecular flexibility index (Phi) is 8.23. The van der Waals surface area contributed by atoms with E-state index in [9.17, 15) is 4.79 Å². The molecule has 0 aliphatic rings. The van der Waals surface area contributed by atoms with Gasteiger partial charge >= 0.3 is 5.69 Å². The van der Waals surface area contributed by atoms with Crippen molar-refractivity contribution in [3.63, 3.8) is 0 Å². The summed E-state index contributed by atoms with van der Waals surface area (Å²) in [6.45, 7) is 7.88. The molecule has 0 spiro atoms. The van der Waals surface area contributed by atoms with Gasteiger partial charge in [-0.05, 0) is 49.1 Å². The number of aromatic nitrogens is 7. The number of pyridine rings is 1. The molecule has 0 fully saturated rings. The van der Waals surface area contributed by atoms with E-state index in [4.69, 9.17) is 0 Å². The summed E-state index contributed by atoms with van der Waals surface area (Å²) < 4.78 is 3.97. The number of imidazole rings is 1. The van der Waals surface area contributed by atoms with Gasteiger partial charge in [-0.2, -0.15) is 5.21 Å². The molecule has 0 aliphatic heterocycles. The lowest BCUT2D eigenvalue weighted by Gasteiger charge is -2.10. The normalized spacial score (nSPS) is 11.3. The maximum atomic E-state index is 13.4. The van der Waals surface area contributed by atoms with Crippen LogP contribution < -0.4 is 5.69 Å². The largest absolute Gasteiger partial charge is 0.328 e. The highest BCUT2D eigenvalue weighted by molar-refractivity contribution is 5.76. The van der Waals surface area contributed by atoms with E-state index in [1.165, 1.54) is 18.5 Å². The summed E-state index contributed by atoms with van der Waals surface area (Å²) in [5.41, 5.74) is 6.09. The molecule has 4 aromatic rings. The van der Waals surface area contributed by atoms with E-state index in [2.05, 4.69) is 58.5 Å². The second kappa shape index (κ2) is 11.7. The van der Waals surface area contributed by atoms with Gasteiger partial charge in [0.05, 0.1) is 12.2 Å². The number of aromatic amines is 1. The second-order valence-corrected chi connectivity index (χ2v) is 9.05. The van der Waals surface area contributed by atoms with Gasteiger partial charge in [0.25, 0.3) is 0 Å². The van der Waals surface area contributed by atoms with Crippen LogP contribution in [-0.2, 0) is 19.5 Å². The van der Waals surface area contributed by atoms with Gasteiger partial charge in [0, 0.05) is 35.3 Å². The number of H-pyrrole nitrogens is 1. The van der Waals surface area contributed by atoms with E-state index in [-0.39, 0.29) is 5.69 Å². The number of tetrazole rings is 1. The first-order valence-electron chi connectivity index (χ1n) is 12.7. The molecule has 8 heteroatoms. The molecule has 35 heavy (non-hydrogen) atoms. The molecule has 0 saturated heterocycles. The zero-order chi connectivity index (χ0) is 24.6. The van der Waals surface area contributed by atoms with Gasteiger partial charge in [0.15, 0.2) is 0 Å². The van der Waals surface area contributed by atoms with Crippen molar-refractivity contribution in [3.8, 4) is 22.6 Å². The van der Waals surface area contributed by atoms with Gasteiger partial charge in [0.2, 0.25) is 5.82 Å². The maximum Gasteiger partial charge on any atom is 0.328 e. The molecular formula is C27H35N7O. The van der Waals surface area contributed by atoms with Gasteiger partial charge < -0.3 is 0 Å². The molecule has 3 aromatic heterocycles. The minimum Gasteiger partial charge on any atom is -0.296 e. The first kappa shape index (κ1) is 24.6. The van der Waals surface area contributed by atoms with Crippen molar-refractivity contribution in [3.05, 3.63) is 70.0 Å². The predicted octanol–water partition coefficient (Wildman–Crippen LogP) is 5.17. The summed E-state index contributed by atoms with van der Waals surface area (Å²) in [6.07, 6.45) is 9.48. The number of hydrogen-bond acceptors (Lipinski definition) is 5. The Bertz CT molecular complexity index is 1270. The third kappa shape index (κ3) is 5.58. The highest BCUT2D eigenvalue weighted by Crippen LogP contribution is 2.27. The fourth-order valence-electron chi connectivity index (χ4n) is 4.60. The summed E-state index contributed by atoms with van der Waals surface area (Å²) in [6, 6.07) is 12.1. The number of unbranched alkanes of at least 4 members (excludes halogenated alkanes) is 4. The summed E-state index contributed by atoms with van der Waals surface area (Å²) in [7, 11) is 0. The molecule has 0 radical (unpaired) electrons. The minimum absolute atomic E-state index is 0.110. The summed E-state index contributed by atoms with van der Waals surface area (Å²) in [5, 5.41) is 14.4. The van der Waals surface area contributed by atoms with Crippen LogP contribution in [0.15, 0.2) is 47.4 Å². The van der Waals surface area contributed by atoms with Crippen LogP contribution in [0, 0.1) is 6.92 Å². The van der Waals surface area contributed by atoms with Crippen LogP contribution in [0.4, 0.5) is 0 Å². The fraction of sp³-hybridized carbons (Fsp3) is 0.444. The van der Waals surface area contributed by atoms with E-state index in [0.717, 1.165) is 66.7 Å². The number of rotatable bonds is 12. The van der Waals surface area contributed by atoms with Gasteiger partial charge in [0.1, 0.15) is 0 Å². The average molecular weight is 474 g/mol. The molecule has 1 aromatic carbocycles. The van der Waals surface area contributed by atoms with Gasteiger partial charge in [-0.3, -0.25) is 14.1 Å². The number of nitrogens with zero attached hydrogens (tertiary/aromatic N) is 6. The van der Waals surface area contributed by atoms with Gasteiger partial charge in [-0.1, -0.05) is 63.8 Å². The topological polar surface area (TPSA) is 94.3 Å². The standard InChI is InChI=1S/C27H35N7O/c1-4-6-8-12-24-20(3)33(18-9-7-5-2)27(35)34(24)19-21-13-15-22(16-14-21)25-23(11-10-17-28-25)26-29-31-32-30-26/h10-11,13-17H,4-9,12,18-19H2,1-3H3,(H,29,30,31,32). The molecule has 184 valence electrons. The molecular weight excluding hydrogens is 438 g/mol. The van der Waals surface area contributed by atoms with Crippen molar-refractivity contribution in [1.29, 1.82) is 0 Å². The van der Waals surface area contributed by atoms with E-state index < -0.39 is 0 Å². The molecule has 4 rings (SSSR count). The van der Waals surface area contributed by atoms with Crippen LogP contribution in [0.3, 0.4) is 0 Å². The average Bonchev–Trinajstić information content (AvgIpc) is 3.49. The van der Waals surface area contributed by atoms with Gasteiger partial charge in [-0.25, -0.2) is 4.79 Å². The van der Waals surface area contributed by atoms with Crippen molar-refractivity contribution in [1.82, 2.24) is 34.7 Å². The number of hydrogen-bond donors (Lipinski definition) is 1. The molecule has 3 heterocycles. The van der Waals surface area contributed by atoms with Crippen LogP contribution in [0.5, 0.6) is 0 Å². The van der Waals surface area contributed by atoms with Crippen molar-refractivity contribution >= 4 is 0 Å².